The van der Waals surface area contributed by atoms with Crippen LogP contribution in [0.25, 0.3) is 0 Å². The molecule has 19 heavy (non-hydrogen) atoms. The van der Waals surface area contributed by atoms with E-state index in [0.29, 0.717) is 13.2 Å². The zero-order chi connectivity index (χ0) is 13.7. The topological polar surface area (TPSA) is 35.2 Å². The summed E-state index contributed by atoms with van der Waals surface area (Å²) in [5, 5.41) is 0. The molecule has 2 aromatic carbocycles. The molecule has 3 heteroatoms. The Morgan fingerprint density at radius 1 is 1.05 bits per heavy atom. The maximum absolute atomic E-state index is 5.78. The van der Waals surface area contributed by atoms with Crippen LogP contribution in [0.2, 0.25) is 0 Å². The lowest BCUT2D eigenvalue weighted by molar-refractivity contribution is 0.305. The molecule has 0 unspecified atom stereocenters. The summed E-state index contributed by atoms with van der Waals surface area (Å²) in [4.78, 5) is 0. The summed E-state index contributed by atoms with van der Waals surface area (Å²) >= 11 is 3.55. The molecule has 2 aromatic rings. The minimum absolute atomic E-state index is 0.552. The van der Waals surface area contributed by atoms with Gasteiger partial charge in [0.25, 0.3) is 0 Å². The number of nitrogens with two attached hydrogens (primary N) is 1. The van der Waals surface area contributed by atoms with Crippen LogP contribution in [-0.2, 0) is 19.6 Å². The van der Waals surface area contributed by atoms with Crippen LogP contribution >= 0.6 is 15.9 Å². The lowest BCUT2D eigenvalue weighted by atomic mass is 10.1. The fourth-order valence-electron chi connectivity index (χ4n) is 1.82. The number of aryl methyl sites for hydroxylation is 1. The molecule has 0 spiro atoms. The lowest BCUT2D eigenvalue weighted by Crippen LogP contribution is -2.00. The average Bonchev–Trinajstić information content (AvgIpc) is 2.46. The van der Waals surface area contributed by atoms with Crippen molar-refractivity contribution in [1.29, 1.82) is 0 Å². The molecule has 2 nitrogen and oxygen atoms in total. The summed E-state index contributed by atoms with van der Waals surface area (Å²) in [6, 6.07) is 14.3. The van der Waals surface area contributed by atoms with Crippen molar-refractivity contribution in [3.05, 3.63) is 63.6 Å². The van der Waals surface area contributed by atoms with Gasteiger partial charge in [-0.25, -0.2) is 0 Å². The number of hydrogen-bond acceptors (Lipinski definition) is 2. The second-order valence-electron chi connectivity index (χ2n) is 4.42. The highest BCUT2D eigenvalue weighted by atomic mass is 79.9. The predicted molar refractivity (Wildman–Crippen MR) is 82.2 cm³/mol. The van der Waals surface area contributed by atoms with E-state index < -0.39 is 0 Å². The third-order valence-corrected chi connectivity index (χ3v) is 3.82. The van der Waals surface area contributed by atoms with Crippen LogP contribution < -0.4 is 10.5 Å². The van der Waals surface area contributed by atoms with Crippen molar-refractivity contribution in [1.82, 2.24) is 0 Å². The molecule has 100 valence electrons. The molecular formula is C16H18BrNO. The van der Waals surface area contributed by atoms with Crippen molar-refractivity contribution in [2.45, 2.75) is 26.5 Å². The molecule has 0 aromatic heterocycles. The Morgan fingerprint density at radius 3 is 2.32 bits per heavy atom. The van der Waals surface area contributed by atoms with Crippen molar-refractivity contribution in [3.63, 3.8) is 0 Å². The number of benzene rings is 2. The Bertz CT molecular complexity index is 537. The van der Waals surface area contributed by atoms with Gasteiger partial charge in [0.2, 0.25) is 0 Å². The zero-order valence-electron chi connectivity index (χ0n) is 11.0. The number of halogens is 1. The Hall–Kier alpha value is -1.32. The molecule has 0 bridgehead atoms. The first-order chi connectivity index (χ1) is 9.22. The number of ether oxygens (including phenoxy) is 1. The maximum atomic E-state index is 5.78. The Labute approximate surface area is 122 Å². The normalized spacial score (nSPS) is 10.5. The van der Waals surface area contributed by atoms with E-state index in [-0.39, 0.29) is 0 Å². The molecule has 0 atom stereocenters. The van der Waals surface area contributed by atoms with Crippen LogP contribution in [-0.4, -0.2) is 0 Å². The summed E-state index contributed by atoms with van der Waals surface area (Å²) in [6.45, 7) is 3.25. The van der Waals surface area contributed by atoms with Gasteiger partial charge >= 0.3 is 0 Å². The fourth-order valence-corrected chi connectivity index (χ4v) is 2.36. The zero-order valence-corrected chi connectivity index (χ0v) is 12.6. The van der Waals surface area contributed by atoms with Gasteiger partial charge in [-0.2, -0.15) is 0 Å². The Balaban J connectivity index is 2.01. The monoisotopic (exact) mass is 319 g/mol. The van der Waals surface area contributed by atoms with Crippen molar-refractivity contribution in [3.8, 4) is 5.75 Å². The van der Waals surface area contributed by atoms with Gasteiger partial charge in [-0.15, -0.1) is 0 Å². The fraction of sp³-hybridized carbons (Fsp3) is 0.250. The summed E-state index contributed by atoms with van der Waals surface area (Å²) in [5.41, 5.74) is 9.17. The molecule has 2 rings (SSSR count). The van der Waals surface area contributed by atoms with E-state index in [1.807, 2.05) is 30.3 Å². The molecule has 0 fully saturated rings. The van der Waals surface area contributed by atoms with E-state index in [9.17, 15) is 0 Å². The minimum atomic E-state index is 0.552. The van der Waals surface area contributed by atoms with Crippen molar-refractivity contribution >= 4 is 15.9 Å². The van der Waals surface area contributed by atoms with Crippen LogP contribution in [0, 0.1) is 0 Å². The molecule has 2 N–H and O–H groups in total. The molecule has 0 heterocycles. The Kier molecular flexibility index (Phi) is 5.00. The highest BCUT2D eigenvalue weighted by Crippen LogP contribution is 2.21. The third-order valence-electron chi connectivity index (χ3n) is 3.08. The van der Waals surface area contributed by atoms with E-state index in [1.165, 1.54) is 5.56 Å². The van der Waals surface area contributed by atoms with Crippen LogP contribution in [0.15, 0.2) is 46.9 Å². The second kappa shape index (κ2) is 6.73. The first-order valence-corrected chi connectivity index (χ1v) is 7.21. The highest BCUT2D eigenvalue weighted by Gasteiger charge is 2.02. The van der Waals surface area contributed by atoms with Gasteiger partial charge in [-0.1, -0.05) is 47.1 Å². The van der Waals surface area contributed by atoms with Crippen LogP contribution in [0.4, 0.5) is 0 Å². The average molecular weight is 320 g/mol. The van der Waals surface area contributed by atoms with Gasteiger partial charge in [-0.05, 0) is 35.7 Å². The molecule has 0 aliphatic rings. The smallest absolute Gasteiger partial charge is 0.119 e. The molecule has 0 saturated carbocycles. The minimum Gasteiger partial charge on any atom is -0.489 e. The standard InChI is InChI=1S/C16H18BrNO/c1-2-12-4-7-15(8-5-12)19-11-14-6-3-13(10-18)9-16(14)17/h3-9H,2,10-11,18H2,1H3. The lowest BCUT2D eigenvalue weighted by Gasteiger charge is -2.09. The molecule has 0 aliphatic carbocycles. The highest BCUT2D eigenvalue weighted by molar-refractivity contribution is 9.10. The molecule has 0 saturated heterocycles. The van der Waals surface area contributed by atoms with Gasteiger partial charge in [0.1, 0.15) is 12.4 Å². The largest absolute Gasteiger partial charge is 0.489 e. The summed E-state index contributed by atoms with van der Waals surface area (Å²) in [6.07, 6.45) is 1.05. The quantitative estimate of drug-likeness (QED) is 0.902. The molecule has 0 aliphatic heterocycles. The van der Waals surface area contributed by atoms with Crippen LogP contribution in [0.5, 0.6) is 5.75 Å². The van der Waals surface area contributed by atoms with Gasteiger partial charge in [-0.3, -0.25) is 0 Å². The Morgan fingerprint density at radius 2 is 1.74 bits per heavy atom. The maximum Gasteiger partial charge on any atom is 0.119 e. The van der Waals surface area contributed by atoms with Gasteiger partial charge < -0.3 is 10.5 Å². The van der Waals surface area contributed by atoms with E-state index in [1.54, 1.807) is 0 Å². The van der Waals surface area contributed by atoms with Gasteiger partial charge in [0, 0.05) is 16.6 Å². The first kappa shape index (κ1) is 14.1. The second-order valence-corrected chi connectivity index (χ2v) is 5.27. The van der Waals surface area contributed by atoms with Crippen molar-refractivity contribution in [2.75, 3.05) is 0 Å². The van der Waals surface area contributed by atoms with E-state index in [0.717, 1.165) is 27.8 Å². The predicted octanol–water partition coefficient (Wildman–Crippen LogP) is 4.05. The van der Waals surface area contributed by atoms with Crippen LogP contribution in [0.3, 0.4) is 0 Å². The first-order valence-electron chi connectivity index (χ1n) is 6.42. The van der Waals surface area contributed by atoms with Crippen molar-refractivity contribution < 1.29 is 4.74 Å². The number of hydrogen-bond donors (Lipinski definition) is 1. The molecule has 0 radical (unpaired) electrons. The van der Waals surface area contributed by atoms with Gasteiger partial charge in [0.05, 0.1) is 0 Å². The third kappa shape index (κ3) is 3.82. The number of rotatable bonds is 5. The van der Waals surface area contributed by atoms with E-state index in [4.69, 9.17) is 10.5 Å². The van der Waals surface area contributed by atoms with E-state index >= 15 is 0 Å². The molecular weight excluding hydrogens is 302 g/mol. The molecule has 0 amide bonds. The summed E-state index contributed by atoms with van der Waals surface area (Å²) in [7, 11) is 0. The SMILES string of the molecule is CCc1ccc(OCc2ccc(CN)cc2Br)cc1. The van der Waals surface area contributed by atoms with Gasteiger partial charge in [0.15, 0.2) is 0 Å². The van der Waals surface area contributed by atoms with Crippen LogP contribution in [0.1, 0.15) is 23.6 Å². The summed E-state index contributed by atoms with van der Waals surface area (Å²) in [5.74, 6) is 0.895. The summed E-state index contributed by atoms with van der Waals surface area (Å²) < 4.78 is 6.83. The van der Waals surface area contributed by atoms with E-state index in [2.05, 4.69) is 35.0 Å². The van der Waals surface area contributed by atoms with Crippen molar-refractivity contribution in [2.24, 2.45) is 5.73 Å².